The minimum Gasteiger partial charge on any atom is -0.481 e. The number of thiophene rings is 1. The van der Waals surface area contributed by atoms with Gasteiger partial charge in [0.15, 0.2) is 0 Å². The Morgan fingerprint density at radius 1 is 1.38 bits per heavy atom. The van der Waals surface area contributed by atoms with Crippen LogP contribution in [0.15, 0.2) is 4.79 Å². The van der Waals surface area contributed by atoms with Gasteiger partial charge in [0, 0.05) is 11.4 Å². The first-order chi connectivity index (χ1) is 11.5. The highest BCUT2D eigenvalue weighted by molar-refractivity contribution is 7.18. The average Bonchev–Trinajstić information content (AvgIpc) is 2.91. The fourth-order valence-electron chi connectivity index (χ4n) is 3.62. The van der Waals surface area contributed by atoms with Crippen molar-refractivity contribution in [2.75, 3.05) is 0 Å². The number of unbranched alkanes of at least 4 members (excludes halogenated alkanes) is 3. The molecule has 130 valence electrons. The van der Waals surface area contributed by atoms with Crippen molar-refractivity contribution >= 4 is 27.5 Å². The number of nitrogens with zero attached hydrogens (tertiary/aromatic N) is 2. The molecule has 6 heteroatoms. The van der Waals surface area contributed by atoms with E-state index in [0.29, 0.717) is 23.2 Å². The summed E-state index contributed by atoms with van der Waals surface area (Å²) in [5, 5.41) is 10.1. The van der Waals surface area contributed by atoms with Crippen molar-refractivity contribution in [3.05, 3.63) is 26.6 Å². The third-order valence-electron chi connectivity index (χ3n) is 4.89. The summed E-state index contributed by atoms with van der Waals surface area (Å²) in [6.45, 7) is 4.69. The Balaban J connectivity index is 2.08. The Kier molecular flexibility index (Phi) is 5.04. The molecule has 0 saturated carbocycles. The smallest absolute Gasteiger partial charge is 0.311 e. The topological polar surface area (TPSA) is 72.2 Å². The maximum absolute atomic E-state index is 13.1. The third-order valence-corrected chi connectivity index (χ3v) is 6.05. The average molecular weight is 348 g/mol. The quantitative estimate of drug-likeness (QED) is 0.805. The molecule has 1 unspecified atom stereocenters. The van der Waals surface area contributed by atoms with Gasteiger partial charge in [0.1, 0.15) is 10.7 Å². The minimum atomic E-state index is -0.829. The molecule has 1 atom stereocenters. The van der Waals surface area contributed by atoms with E-state index in [2.05, 4.69) is 11.9 Å². The fourth-order valence-corrected chi connectivity index (χ4v) is 4.94. The van der Waals surface area contributed by atoms with Crippen LogP contribution in [0.1, 0.15) is 67.6 Å². The Morgan fingerprint density at radius 3 is 2.88 bits per heavy atom. The predicted octanol–water partition coefficient (Wildman–Crippen LogP) is 3.85. The number of aryl methyl sites for hydroxylation is 2. The van der Waals surface area contributed by atoms with E-state index in [4.69, 9.17) is 0 Å². The van der Waals surface area contributed by atoms with Crippen LogP contribution in [0, 0.1) is 6.92 Å². The van der Waals surface area contributed by atoms with E-state index in [1.54, 1.807) is 4.57 Å². The zero-order valence-corrected chi connectivity index (χ0v) is 15.1. The molecule has 2 aromatic heterocycles. The van der Waals surface area contributed by atoms with Gasteiger partial charge in [0.2, 0.25) is 0 Å². The maximum Gasteiger partial charge on any atom is 0.311 e. The van der Waals surface area contributed by atoms with Crippen molar-refractivity contribution < 1.29 is 9.90 Å². The second-order valence-corrected chi connectivity index (χ2v) is 7.66. The number of aromatic nitrogens is 2. The number of hydrogen-bond acceptors (Lipinski definition) is 4. The second-order valence-electron chi connectivity index (χ2n) is 6.58. The summed E-state index contributed by atoms with van der Waals surface area (Å²) < 4.78 is 1.73. The molecule has 24 heavy (non-hydrogen) atoms. The van der Waals surface area contributed by atoms with Crippen LogP contribution in [-0.4, -0.2) is 20.6 Å². The molecular formula is C18H24N2O3S. The number of rotatable bonds is 6. The molecule has 0 aromatic carbocycles. The van der Waals surface area contributed by atoms with E-state index in [1.165, 1.54) is 17.8 Å². The molecular weight excluding hydrogens is 324 g/mol. The number of aliphatic carboxylic acids is 1. The number of carbonyl (C=O) groups is 1. The van der Waals surface area contributed by atoms with E-state index in [1.807, 2.05) is 6.92 Å². The van der Waals surface area contributed by atoms with Crippen molar-refractivity contribution in [2.24, 2.45) is 0 Å². The molecule has 0 fully saturated rings. The van der Waals surface area contributed by atoms with Gasteiger partial charge in [0.25, 0.3) is 5.56 Å². The molecule has 0 radical (unpaired) electrons. The summed E-state index contributed by atoms with van der Waals surface area (Å²) in [5.41, 5.74) is 0.688. The second kappa shape index (κ2) is 7.05. The van der Waals surface area contributed by atoms with Gasteiger partial charge in [-0.3, -0.25) is 14.2 Å². The van der Waals surface area contributed by atoms with Crippen molar-refractivity contribution in [1.29, 1.82) is 0 Å². The molecule has 1 N–H and O–H groups in total. The number of carboxylic acid groups (broad SMARTS) is 1. The van der Waals surface area contributed by atoms with Gasteiger partial charge in [0.05, 0.1) is 11.3 Å². The third kappa shape index (κ3) is 2.99. The molecule has 0 saturated heterocycles. The molecule has 0 amide bonds. The lowest BCUT2D eigenvalue weighted by Gasteiger charge is -2.19. The van der Waals surface area contributed by atoms with Gasteiger partial charge in [-0.1, -0.05) is 26.2 Å². The Hall–Kier alpha value is -1.69. The van der Waals surface area contributed by atoms with E-state index in [-0.39, 0.29) is 5.56 Å². The van der Waals surface area contributed by atoms with Crippen molar-refractivity contribution in [1.82, 2.24) is 9.55 Å². The number of hydrogen-bond donors (Lipinski definition) is 1. The van der Waals surface area contributed by atoms with Crippen LogP contribution < -0.4 is 5.56 Å². The molecule has 2 heterocycles. The molecule has 1 aliphatic carbocycles. The Labute approximate surface area is 145 Å². The van der Waals surface area contributed by atoms with Crippen LogP contribution in [0.4, 0.5) is 0 Å². The zero-order chi connectivity index (χ0) is 17.3. The first-order valence-corrected chi connectivity index (χ1v) is 9.61. The Bertz CT molecular complexity index is 822. The van der Waals surface area contributed by atoms with Crippen molar-refractivity contribution in [2.45, 2.75) is 71.3 Å². The molecule has 5 nitrogen and oxygen atoms in total. The fraction of sp³-hybridized carbons (Fsp3) is 0.611. The summed E-state index contributed by atoms with van der Waals surface area (Å²) >= 11 is 1.50. The van der Waals surface area contributed by atoms with Gasteiger partial charge >= 0.3 is 5.97 Å². The van der Waals surface area contributed by atoms with E-state index in [0.717, 1.165) is 48.4 Å². The highest BCUT2D eigenvalue weighted by atomic mass is 32.1. The van der Waals surface area contributed by atoms with Gasteiger partial charge < -0.3 is 5.11 Å². The monoisotopic (exact) mass is 348 g/mol. The lowest BCUT2D eigenvalue weighted by Crippen LogP contribution is -2.26. The lowest BCUT2D eigenvalue weighted by atomic mass is 9.86. The van der Waals surface area contributed by atoms with Crippen LogP contribution in [-0.2, 0) is 17.8 Å². The van der Waals surface area contributed by atoms with Crippen LogP contribution in [0.5, 0.6) is 0 Å². The molecule has 0 spiro atoms. The van der Waals surface area contributed by atoms with Crippen LogP contribution in [0.2, 0.25) is 0 Å². The van der Waals surface area contributed by atoms with Gasteiger partial charge in [-0.2, -0.15) is 0 Å². The standard InChI is InChI=1S/C18H24N2O3S/c1-3-4-5-6-10-20-11(2)19-16-15(17(20)21)14-12(18(22)23)8-7-9-13(14)24-16/h12H,3-10H2,1-2H3,(H,22,23). The van der Waals surface area contributed by atoms with E-state index < -0.39 is 11.9 Å². The normalized spacial score (nSPS) is 17.2. The molecule has 3 rings (SSSR count). The summed E-state index contributed by atoms with van der Waals surface area (Å²) in [6.07, 6.45) is 6.70. The van der Waals surface area contributed by atoms with Crippen LogP contribution in [0.25, 0.3) is 10.2 Å². The van der Waals surface area contributed by atoms with Crippen LogP contribution in [0.3, 0.4) is 0 Å². The van der Waals surface area contributed by atoms with Crippen molar-refractivity contribution in [3.8, 4) is 0 Å². The SMILES string of the molecule is CCCCCCn1c(C)nc2sc3c(c2c1=O)C(C(=O)O)CCC3. The number of fused-ring (bicyclic) bond motifs is 3. The summed E-state index contributed by atoms with van der Waals surface area (Å²) in [4.78, 5) is 31.1. The Morgan fingerprint density at radius 2 is 2.17 bits per heavy atom. The molecule has 1 aliphatic rings. The summed E-state index contributed by atoms with van der Waals surface area (Å²) in [5.74, 6) is -0.659. The van der Waals surface area contributed by atoms with E-state index in [9.17, 15) is 14.7 Å². The van der Waals surface area contributed by atoms with Gasteiger partial charge in [-0.25, -0.2) is 4.98 Å². The molecule has 2 aromatic rings. The molecule has 0 bridgehead atoms. The van der Waals surface area contributed by atoms with Gasteiger partial charge in [-0.15, -0.1) is 11.3 Å². The highest BCUT2D eigenvalue weighted by Crippen LogP contribution is 2.40. The first-order valence-electron chi connectivity index (χ1n) is 8.80. The van der Waals surface area contributed by atoms with Crippen molar-refractivity contribution in [3.63, 3.8) is 0 Å². The van der Waals surface area contributed by atoms with E-state index >= 15 is 0 Å². The highest BCUT2D eigenvalue weighted by Gasteiger charge is 2.32. The minimum absolute atomic E-state index is 0.0559. The predicted molar refractivity (Wildman–Crippen MR) is 96.1 cm³/mol. The van der Waals surface area contributed by atoms with Crippen LogP contribution >= 0.6 is 11.3 Å². The summed E-state index contributed by atoms with van der Waals surface area (Å²) in [6, 6.07) is 0. The number of carboxylic acids is 1. The lowest BCUT2D eigenvalue weighted by molar-refractivity contribution is -0.139. The molecule has 0 aliphatic heterocycles. The maximum atomic E-state index is 13.1. The first kappa shape index (κ1) is 17.1. The zero-order valence-electron chi connectivity index (χ0n) is 14.3. The summed E-state index contributed by atoms with van der Waals surface area (Å²) in [7, 11) is 0. The van der Waals surface area contributed by atoms with Gasteiger partial charge in [-0.05, 0) is 38.2 Å². The largest absolute Gasteiger partial charge is 0.481 e.